The van der Waals surface area contributed by atoms with Gasteiger partial charge in [-0.2, -0.15) is 5.26 Å². The van der Waals surface area contributed by atoms with Crippen LogP contribution in [0.3, 0.4) is 0 Å². The fourth-order valence-corrected chi connectivity index (χ4v) is 5.23. The standard InChI is InChI=1S/C18H13Cl2N5OS2/c19-9-3-1-4-10(20)14(9)13-8(7-21)16(22)25(17-23-24-18(27)28-17)11-5-2-6-12(26)15(11)13/h1,3-4,13H,2,5-6,22H2,(H,24,27). The van der Waals surface area contributed by atoms with Gasteiger partial charge in [-0.15, -0.1) is 5.10 Å². The van der Waals surface area contributed by atoms with Gasteiger partial charge < -0.3 is 5.73 Å². The third kappa shape index (κ3) is 2.95. The van der Waals surface area contributed by atoms with E-state index in [2.05, 4.69) is 16.3 Å². The predicted molar refractivity (Wildman–Crippen MR) is 112 cm³/mol. The van der Waals surface area contributed by atoms with Gasteiger partial charge in [-0.05, 0) is 37.2 Å². The Morgan fingerprint density at radius 2 is 2.07 bits per heavy atom. The molecular weight excluding hydrogens is 437 g/mol. The maximum atomic E-state index is 13.0. The van der Waals surface area contributed by atoms with Gasteiger partial charge in [-0.3, -0.25) is 14.8 Å². The number of allylic oxidation sites excluding steroid dienone is 3. The molecule has 3 N–H and O–H groups in total. The first-order chi connectivity index (χ1) is 13.4. The van der Waals surface area contributed by atoms with E-state index in [4.69, 9.17) is 41.2 Å². The van der Waals surface area contributed by atoms with Crippen molar-refractivity contribution >= 4 is 57.7 Å². The SMILES string of the molecule is N#CC1=C(N)N(c2n[nH]c(=S)s2)C2=C(C(=O)CCC2)C1c1c(Cl)cccc1Cl. The Bertz CT molecular complexity index is 1140. The van der Waals surface area contributed by atoms with Gasteiger partial charge in [0.05, 0.1) is 17.6 Å². The van der Waals surface area contributed by atoms with Gasteiger partial charge in [0.25, 0.3) is 0 Å². The minimum absolute atomic E-state index is 0.0494. The van der Waals surface area contributed by atoms with Crippen LogP contribution in [-0.2, 0) is 4.79 Å². The second-order valence-electron chi connectivity index (χ2n) is 6.35. The number of hydrogen-bond acceptors (Lipinski definition) is 7. The molecule has 0 bridgehead atoms. The molecule has 1 aliphatic carbocycles. The summed E-state index contributed by atoms with van der Waals surface area (Å²) in [6.07, 6.45) is 1.69. The van der Waals surface area contributed by atoms with Crippen LogP contribution in [0.1, 0.15) is 30.7 Å². The maximum Gasteiger partial charge on any atom is 0.216 e. The number of H-pyrrole nitrogens is 1. The Hall–Kier alpha value is -2.18. The van der Waals surface area contributed by atoms with Crippen LogP contribution in [0.4, 0.5) is 5.13 Å². The molecule has 4 rings (SSSR count). The number of halogens is 2. The summed E-state index contributed by atoms with van der Waals surface area (Å²) in [5.74, 6) is -0.557. The van der Waals surface area contributed by atoms with Gasteiger partial charge in [0.2, 0.25) is 5.13 Å². The Morgan fingerprint density at radius 3 is 2.68 bits per heavy atom. The van der Waals surface area contributed by atoms with Crippen LogP contribution < -0.4 is 10.6 Å². The molecule has 28 heavy (non-hydrogen) atoms. The fourth-order valence-electron chi connectivity index (χ4n) is 3.70. The van der Waals surface area contributed by atoms with Gasteiger partial charge in [0, 0.05) is 33.3 Å². The summed E-state index contributed by atoms with van der Waals surface area (Å²) in [5.41, 5.74) is 8.36. The van der Waals surface area contributed by atoms with E-state index >= 15 is 0 Å². The zero-order valence-corrected chi connectivity index (χ0v) is 17.5. The number of Topliss-reactive ketones (excluding diaryl/α,β-unsaturated/α-hetero) is 1. The molecule has 0 spiro atoms. The van der Waals surface area contributed by atoms with Gasteiger partial charge in [0.15, 0.2) is 9.74 Å². The quantitative estimate of drug-likeness (QED) is 0.637. The largest absolute Gasteiger partial charge is 0.384 e. The zero-order valence-electron chi connectivity index (χ0n) is 14.3. The molecule has 1 unspecified atom stereocenters. The highest BCUT2D eigenvalue weighted by Crippen LogP contribution is 2.49. The van der Waals surface area contributed by atoms with E-state index in [1.165, 1.54) is 11.3 Å². The molecule has 2 heterocycles. The van der Waals surface area contributed by atoms with Crippen molar-refractivity contribution in [1.29, 1.82) is 5.26 Å². The number of carbonyl (C=O) groups excluding carboxylic acids is 1. The number of aromatic amines is 1. The lowest BCUT2D eigenvalue weighted by Crippen LogP contribution is -2.38. The summed E-state index contributed by atoms with van der Waals surface area (Å²) in [6.45, 7) is 0. The number of hydrogen-bond donors (Lipinski definition) is 2. The lowest BCUT2D eigenvalue weighted by molar-refractivity contribution is -0.116. The highest BCUT2D eigenvalue weighted by molar-refractivity contribution is 7.73. The molecule has 1 aliphatic heterocycles. The number of carbonyl (C=O) groups is 1. The Morgan fingerprint density at radius 1 is 1.36 bits per heavy atom. The van der Waals surface area contributed by atoms with Crippen LogP contribution in [0.15, 0.2) is 40.9 Å². The van der Waals surface area contributed by atoms with Crippen molar-refractivity contribution in [2.24, 2.45) is 5.73 Å². The second-order valence-corrected chi connectivity index (χ2v) is 8.81. The van der Waals surface area contributed by atoms with Crippen LogP contribution >= 0.6 is 46.8 Å². The van der Waals surface area contributed by atoms with E-state index in [-0.39, 0.29) is 17.2 Å². The molecule has 0 amide bonds. The number of anilines is 1. The molecule has 6 nitrogen and oxygen atoms in total. The molecule has 1 atom stereocenters. The highest BCUT2D eigenvalue weighted by Gasteiger charge is 2.42. The lowest BCUT2D eigenvalue weighted by Gasteiger charge is -2.38. The molecule has 2 aromatic rings. The third-order valence-electron chi connectivity index (χ3n) is 4.82. The normalized spacial score (nSPS) is 19.7. The number of nitrogens with two attached hydrogens (primary N) is 1. The first-order valence-corrected chi connectivity index (χ1v) is 10.4. The van der Waals surface area contributed by atoms with E-state index in [0.717, 1.165) is 0 Å². The van der Waals surface area contributed by atoms with Crippen molar-refractivity contribution in [2.75, 3.05) is 4.90 Å². The number of nitrogens with zero attached hydrogens (tertiary/aromatic N) is 3. The highest BCUT2D eigenvalue weighted by atomic mass is 35.5. The fraction of sp³-hybridized carbons (Fsp3) is 0.222. The second kappa shape index (κ2) is 7.33. The number of aromatic nitrogens is 2. The van der Waals surface area contributed by atoms with Crippen LogP contribution in [0.25, 0.3) is 0 Å². The number of rotatable bonds is 2. The van der Waals surface area contributed by atoms with E-state index in [1.54, 1.807) is 23.1 Å². The Kier molecular flexibility index (Phi) is 5.02. The van der Waals surface area contributed by atoms with E-state index in [1.807, 2.05) is 0 Å². The monoisotopic (exact) mass is 449 g/mol. The van der Waals surface area contributed by atoms with Crippen molar-refractivity contribution in [2.45, 2.75) is 25.2 Å². The van der Waals surface area contributed by atoms with Crippen molar-refractivity contribution in [1.82, 2.24) is 10.2 Å². The van der Waals surface area contributed by atoms with Crippen LogP contribution in [-0.4, -0.2) is 16.0 Å². The summed E-state index contributed by atoms with van der Waals surface area (Å²) < 4.78 is 0.474. The smallest absolute Gasteiger partial charge is 0.216 e. The number of ketones is 1. The van der Waals surface area contributed by atoms with Gasteiger partial charge in [-0.1, -0.05) is 40.6 Å². The van der Waals surface area contributed by atoms with Gasteiger partial charge >= 0.3 is 0 Å². The first kappa shape index (κ1) is 19.2. The minimum atomic E-state index is -0.711. The number of nitriles is 1. The minimum Gasteiger partial charge on any atom is -0.384 e. The average Bonchev–Trinajstić information content (AvgIpc) is 3.07. The summed E-state index contributed by atoms with van der Waals surface area (Å²) in [7, 11) is 0. The molecule has 0 saturated heterocycles. The molecule has 142 valence electrons. The molecule has 10 heteroatoms. The molecule has 2 aliphatic rings. The summed E-state index contributed by atoms with van der Waals surface area (Å²) in [4.78, 5) is 14.7. The zero-order chi connectivity index (χ0) is 20.0. The van der Waals surface area contributed by atoms with E-state index in [0.29, 0.717) is 55.2 Å². The maximum absolute atomic E-state index is 13.0. The Balaban J connectivity index is 2.04. The van der Waals surface area contributed by atoms with E-state index < -0.39 is 5.92 Å². The summed E-state index contributed by atoms with van der Waals surface area (Å²) in [5, 5.41) is 18.1. The van der Waals surface area contributed by atoms with Crippen molar-refractivity contribution < 1.29 is 4.79 Å². The van der Waals surface area contributed by atoms with Crippen molar-refractivity contribution in [3.63, 3.8) is 0 Å². The third-order valence-corrected chi connectivity index (χ3v) is 6.55. The van der Waals surface area contributed by atoms with E-state index in [9.17, 15) is 10.1 Å². The number of nitrogens with one attached hydrogen (secondary N) is 1. The summed E-state index contributed by atoms with van der Waals surface area (Å²) >= 11 is 19.2. The topological polar surface area (TPSA) is 98.8 Å². The first-order valence-electron chi connectivity index (χ1n) is 8.39. The average molecular weight is 450 g/mol. The lowest BCUT2D eigenvalue weighted by atomic mass is 9.75. The van der Waals surface area contributed by atoms with Crippen LogP contribution in [0.2, 0.25) is 10.0 Å². The van der Waals surface area contributed by atoms with Crippen molar-refractivity contribution in [3.8, 4) is 6.07 Å². The molecular formula is C18H13Cl2N5OS2. The molecule has 0 saturated carbocycles. The molecule has 1 aromatic heterocycles. The van der Waals surface area contributed by atoms with Gasteiger partial charge in [0.1, 0.15) is 5.82 Å². The summed E-state index contributed by atoms with van der Waals surface area (Å²) in [6, 6.07) is 7.26. The van der Waals surface area contributed by atoms with Gasteiger partial charge in [-0.25, -0.2) is 0 Å². The number of benzene rings is 1. The van der Waals surface area contributed by atoms with Crippen LogP contribution in [0.5, 0.6) is 0 Å². The molecule has 0 radical (unpaired) electrons. The van der Waals surface area contributed by atoms with Crippen molar-refractivity contribution in [3.05, 3.63) is 60.4 Å². The Labute approximate surface area is 179 Å². The predicted octanol–water partition coefficient (Wildman–Crippen LogP) is 4.81. The molecule has 1 aromatic carbocycles. The molecule has 0 fully saturated rings. The van der Waals surface area contributed by atoms with Crippen LogP contribution in [0, 0.1) is 15.3 Å².